The monoisotopic (exact) mass is 351 g/mol. The van der Waals surface area contributed by atoms with Gasteiger partial charge >= 0.3 is 6.61 Å². The molecule has 2 aliphatic carbocycles. The first-order valence-electron chi connectivity index (χ1n) is 9.11. The first-order valence-corrected chi connectivity index (χ1v) is 9.11. The number of carbonyl (C=O) groups excluding carboxylic acids is 1. The lowest BCUT2D eigenvalue weighted by Gasteiger charge is -2.50. The van der Waals surface area contributed by atoms with Gasteiger partial charge in [0.1, 0.15) is 5.75 Å². The molecule has 4 atom stereocenters. The van der Waals surface area contributed by atoms with Gasteiger partial charge in [-0.2, -0.15) is 8.78 Å². The van der Waals surface area contributed by atoms with E-state index < -0.39 is 6.61 Å². The lowest BCUT2D eigenvalue weighted by molar-refractivity contribution is -0.0785. The highest BCUT2D eigenvalue weighted by molar-refractivity contribution is 5.97. The highest BCUT2D eigenvalue weighted by Crippen LogP contribution is 2.51. The topological polar surface area (TPSA) is 47.6 Å². The van der Waals surface area contributed by atoms with Gasteiger partial charge in [-0.1, -0.05) is 37.8 Å². The number of alkyl halides is 2. The zero-order valence-electron chi connectivity index (χ0n) is 14.0. The SMILES string of the molecule is O=C(N[C@H]1[C@@H]2CCO[C@@H]2[C@@H]1C1CCCC1)c1ccccc1OC(F)F. The molecular weight excluding hydrogens is 328 g/mol. The summed E-state index contributed by atoms with van der Waals surface area (Å²) >= 11 is 0. The molecule has 0 bridgehead atoms. The van der Waals surface area contributed by atoms with Crippen LogP contribution in [0.4, 0.5) is 8.78 Å². The molecule has 0 radical (unpaired) electrons. The van der Waals surface area contributed by atoms with Crippen molar-refractivity contribution in [1.82, 2.24) is 5.32 Å². The molecule has 4 nitrogen and oxygen atoms in total. The Balaban J connectivity index is 1.50. The number of benzene rings is 1. The second kappa shape index (κ2) is 6.90. The van der Waals surface area contributed by atoms with Crippen LogP contribution in [0.15, 0.2) is 24.3 Å². The third kappa shape index (κ3) is 3.12. The minimum atomic E-state index is -2.95. The van der Waals surface area contributed by atoms with Gasteiger partial charge in [0.15, 0.2) is 0 Å². The lowest BCUT2D eigenvalue weighted by Crippen LogP contribution is -2.63. The Labute approximate surface area is 145 Å². The van der Waals surface area contributed by atoms with Gasteiger partial charge in [-0.05, 0) is 24.5 Å². The maximum absolute atomic E-state index is 12.7. The van der Waals surface area contributed by atoms with Crippen molar-refractivity contribution in [2.24, 2.45) is 17.8 Å². The molecule has 4 rings (SSSR count). The summed E-state index contributed by atoms with van der Waals surface area (Å²) in [6, 6.07) is 6.24. The highest BCUT2D eigenvalue weighted by atomic mass is 19.3. The van der Waals surface area contributed by atoms with Gasteiger partial charge in [0.05, 0.1) is 11.7 Å². The fraction of sp³-hybridized carbons (Fsp3) is 0.632. The normalized spacial score (nSPS) is 31.6. The Morgan fingerprint density at radius 3 is 2.72 bits per heavy atom. The molecular formula is C19H23F2NO3. The average Bonchev–Trinajstić information content (AvgIpc) is 3.23. The van der Waals surface area contributed by atoms with Crippen molar-refractivity contribution >= 4 is 5.91 Å². The first-order chi connectivity index (χ1) is 12.1. The van der Waals surface area contributed by atoms with Crippen LogP contribution in [0, 0.1) is 17.8 Å². The Bertz CT molecular complexity index is 628. The molecule has 1 aromatic carbocycles. The van der Waals surface area contributed by atoms with Crippen molar-refractivity contribution < 1.29 is 23.0 Å². The second-order valence-electron chi connectivity index (χ2n) is 7.28. The number of amides is 1. The summed E-state index contributed by atoms with van der Waals surface area (Å²) in [7, 11) is 0. The number of carbonyl (C=O) groups is 1. The molecule has 6 heteroatoms. The predicted molar refractivity (Wildman–Crippen MR) is 87.6 cm³/mol. The quantitative estimate of drug-likeness (QED) is 0.882. The van der Waals surface area contributed by atoms with Crippen LogP contribution in [0.1, 0.15) is 42.5 Å². The summed E-state index contributed by atoms with van der Waals surface area (Å²) in [6.07, 6.45) is 6.06. The molecule has 2 saturated carbocycles. The van der Waals surface area contributed by atoms with E-state index in [1.807, 2.05) is 0 Å². The Kier molecular flexibility index (Phi) is 4.63. The lowest BCUT2D eigenvalue weighted by atomic mass is 9.61. The van der Waals surface area contributed by atoms with Crippen LogP contribution in [0.5, 0.6) is 5.75 Å². The minimum absolute atomic E-state index is 0.0720. The third-order valence-corrected chi connectivity index (χ3v) is 6.03. The highest BCUT2D eigenvalue weighted by Gasteiger charge is 2.57. The van der Waals surface area contributed by atoms with Gasteiger partial charge < -0.3 is 14.8 Å². The van der Waals surface area contributed by atoms with Gasteiger partial charge in [-0.25, -0.2) is 0 Å². The van der Waals surface area contributed by atoms with Gasteiger partial charge in [0.25, 0.3) is 5.91 Å². The van der Waals surface area contributed by atoms with Crippen LogP contribution in [-0.2, 0) is 4.74 Å². The largest absolute Gasteiger partial charge is 0.434 e. The third-order valence-electron chi connectivity index (χ3n) is 6.03. The van der Waals surface area contributed by atoms with E-state index in [-0.39, 0.29) is 29.4 Å². The Hall–Kier alpha value is -1.69. The van der Waals surface area contributed by atoms with Crippen molar-refractivity contribution in [2.75, 3.05) is 6.61 Å². The minimum Gasteiger partial charge on any atom is -0.434 e. The van der Waals surface area contributed by atoms with Gasteiger partial charge in [-0.3, -0.25) is 4.79 Å². The van der Waals surface area contributed by atoms with E-state index in [4.69, 9.17) is 4.74 Å². The zero-order chi connectivity index (χ0) is 17.4. The molecule has 3 fully saturated rings. The van der Waals surface area contributed by atoms with E-state index in [9.17, 15) is 13.6 Å². The van der Waals surface area contributed by atoms with Crippen LogP contribution < -0.4 is 10.1 Å². The number of para-hydroxylation sites is 1. The molecule has 1 aliphatic heterocycles. The molecule has 1 amide bonds. The van der Waals surface area contributed by atoms with Crippen LogP contribution >= 0.6 is 0 Å². The van der Waals surface area contributed by atoms with E-state index >= 15 is 0 Å². The smallest absolute Gasteiger partial charge is 0.387 e. The molecule has 1 saturated heterocycles. The molecule has 0 unspecified atom stereocenters. The number of fused-ring (bicyclic) bond motifs is 1. The number of rotatable bonds is 5. The molecule has 25 heavy (non-hydrogen) atoms. The van der Waals surface area contributed by atoms with Gasteiger partial charge in [0, 0.05) is 24.5 Å². The van der Waals surface area contributed by atoms with E-state index in [1.54, 1.807) is 12.1 Å². The molecule has 1 heterocycles. The van der Waals surface area contributed by atoms with Crippen molar-refractivity contribution in [1.29, 1.82) is 0 Å². The van der Waals surface area contributed by atoms with Crippen LogP contribution in [-0.4, -0.2) is 31.3 Å². The maximum Gasteiger partial charge on any atom is 0.387 e. The van der Waals surface area contributed by atoms with Crippen molar-refractivity contribution in [3.8, 4) is 5.75 Å². The standard InChI is InChI=1S/C19H23F2NO3/c20-19(21)25-14-8-4-3-7-12(14)18(23)22-16-13-9-10-24-17(13)15(16)11-5-1-2-6-11/h3-4,7-8,11,13,15-17,19H,1-2,5-6,9-10H2,(H,22,23)/t13-,15+,16-,17-/m0/s1. The first kappa shape index (κ1) is 16.8. The fourth-order valence-corrected chi connectivity index (χ4v) is 4.94. The fourth-order valence-electron chi connectivity index (χ4n) is 4.94. The van der Waals surface area contributed by atoms with Gasteiger partial charge in [0.2, 0.25) is 0 Å². The van der Waals surface area contributed by atoms with Crippen molar-refractivity contribution in [3.63, 3.8) is 0 Å². The Morgan fingerprint density at radius 1 is 1.20 bits per heavy atom. The number of nitrogens with one attached hydrogen (secondary N) is 1. The number of ether oxygens (including phenoxy) is 2. The summed E-state index contributed by atoms with van der Waals surface area (Å²) < 4.78 is 35.5. The molecule has 136 valence electrons. The van der Waals surface area contributed by atoms with E-state index in [1.165, 1.54) is 37.8 Å². The molecule has 3 aliphatic rings. The van der Waals surface area contributed by atoms with Crippen molar-refractivity contribution in [2.45, 2.75) is 50.9 Å². The van der Waals surface area contributed by atoms with E-state index in [0.717, 1.165) is 13.0 Å². The molecule has 0 aromatic heterocycles. The van der Waals surface area contributed by atoms with Crippen LogP contribution in [0.3, 0.4) is 0 Å². The van der Waals surface area contributed by atoms with E-state index in [2.05, 4.69) is 10.1 Å². The predicted octanol–water partition coefficient (Wildman–Crippen LogP) is 3.61. The summed E-state index contributed by atoms with van der Waals surface area (Å²) in [6.45, 7) is -2.20. The maximum atomic E-state index is 12.7. The second-order valence-corrected chi connectivity index (χ2v) is 7.28. The summed E-state index contributed by atoms with van der Waals surface area (Å²) in [5.74, 6) is 0.873. The molecule has 1 N–H and O–H groups in total. The van der Waals surface area contributed by atoms with Crippen molar-refractivity contribution in [3.05, 3.63) is 29.8 Å². The summed E-state index contributed by atoms with van der Waals surface area (Å²) in [4.78, 5) is 12.7. The van der Waals surface area contributed by atoms with Crippen LogP contribution in [0.2, 0.25) is 0 Å². The molecule has 0 spiro atoms. The summed E-state index contributed by atoms with van der Waals surface area (Å²) in [5.41, 5.74) is 0.162. The zero-order valence-corrected chi connectivity index (χ0v) is 14.0. The average molecular weight is 351 g/mol. The Morgan fingerprint density at radius 2 is 1.96 bits per heavy atom. The number of hydrogen-bond acceptors (Lipinski definition) is 3. The van der Waals surface area contributed by atoms with E-state index in [0.29, 0.717) is 17.8 Å². The molecule has 1 aromatic rings. The van der Waals surface area contributed by atoms with Gasteiger partial charge in [-0.15, -0.1) is 0 Å². The van der Waals surface area contributed by atoms with Crippen LogP contribution in [0.25, 0.3) is 0 Å². The number of hydrogen-bond donors (Lipinski definition) is 1. The summed E-state index contributed by atoms with van der Waals surface area (Å²) in [5, 5.41) is 3.10. The number of halogens is 2.